The molecule has 0 unspecified atom stereocenters. The van der Waals surface area contributed by atoms with Crippen LogP contribution in [0.25, 0.3) is 11.1 Å². The molecule has 0 aromatic heterocycles. The molecule has 1 aliphatic carbocycles. The first-order valence-corrected chi connectivity index (χ1v) is 9.07. The monoisotopic (exact) mass is 367 g/mol. The van der Waals surface area contributed by atoms with Gasteiger partial charge in [0.1, 0.15) is 6.61 Å². The summed E-state index contributed by atoms with van der Waals surface area (Å²) in [6, 6.07) is 16.4. The lowest BCUT2D eigenvalue weighted by atomic mass is 9.98. The lowest BCUT2D eigenvalue weighted by molar-refractivity contribution is -0.141. The van der Waals surface area contributed by atoms with E-state index in [1.165, 1.54) is 16.0 Å². The van der Waals surface area contributed by atoms with Crippen molar-refractivity contribution in [3.8, 4) is 11.1 Å². The topological polar surface area (TPSA) is 76.1 Å². The minimum Gasteiger partial charge on any atom is -0.481 e. The first-order valence-electron chi connectivity index (χ1n) is 9.07. The summed E-state index contributed by atoms with van der Waals surface area (Å²) in [7, 11) is 0. The zero-order chi connectivity index (χ0) is 18.8. The van der Waals surface area contributed by atoms with Crippen LogP contribution in [0.5, 0.6) is 0 Å². The highest BCUT2D eigenvalue weighted by atomic mass is 16.6. The highest BCUT2D eigenvalue weighted by molar-refractivity contribution is 5.79. The number of fused-ring (bicyclic) bond motifs is 3. The number of carbonyl (C=O) groups is 2. The number of hydrogen-bond donors (Lipinski definition) is 1. The third kappa shape index (κ3) is 3.53. The second-order valence-electron chi connectivity index (χ2n) is 6.84. The van der Waals surface area contributed by atoms with Crippen molar-refractivity contribution in [3.05, 3.63) is 59.7 Å². The summed E-state index contributed by atoms with van der Waals surface area (Å²) >= 11 is 0. The summed E-state index contributed by atoms with van der Waals surface area (Å²) in [6.45, 7) is 1.23. The molecule has 2 aliphatic rings. The number of carbonyl (C=O) groups excluding carboxylic acids is 1. The van der Waals surface area contributed by atoms with Gasteiger partial charge in [-0.2, -0.15) is 0 Å². The number of nitrogens with zero attached hydrogens (tertiary/aromatic N) is 1. The van der Waals surface area contributed by atoms with Crippen molar-refractivity contribution in [1.29, 1.82) is 0 Å². The van der Waals surface area contributed by atoms with Gasteiger partial charge < -0.3 is 19.5 Å². The molecule has 1 amide bonds. The Morgan fingerprint density at radius 3 is 2.33 bits per heavy atom. The number of rotatable bonds is 4. The Hall–Kier alpha value is -2.86. The molecule has 140 valence electrons. The predicted octanol–water partition coefficient (Wildman–Crippen LogP) is 3.11. The predicted molar refractivity (Wildman–Crippen MR) is 98.6 cm³/mol. The van der Waals surface area contributed by atoms with Crippen LogP contribution in [0.3, 0.4) is 0 Å². The average Bonchev–Trinajstić information content (AvgIpc) is 3.00. The lowest BCUT2D eigenvalue weighted by Crippen LogP contribution is -2.46. The number of morpholine rings is 1. The second-order valence-corrected chi connectivity index (χ2v) is 6.84. The van der Waals surface area contributed by atoms with Crippen LogP contribution in [0.15, 0.2) is 48.5 Å². The van der Waals surface area contributed by atoms with Gasteiger partial charge in [0.05, 0.1) is 25.7 Å². The Morgan fingerprint density at radius 1 is 1.07 bits per heavy atom. The van der Waals surface area contributed by atoms with Gasteiger partial charge in [0.2, 0.25) is 0 Å². The molecule has 2 aromatic carbocycles. The molecule has 6 nitrogen and oxygen atoms in total. The smallest absolute Gasteiger partial charge is 0.409 e. The first kappa shape index (κ1) is 17.5. The fourth-order valence-corrected chi connectivity index (χ4v) is 3.89. The largest absolute Gasteiger partial charge is 0.481 e. The summed E-state index contributed by atoms with van der Waals surface area (Å²) in [5.74, 6) is -0.924. The van der Waals surface area contributed by atoms with E-state index in [0.29, 0.717) is 13.2 Å². The van der Waals surface area contributed by atoms with Crippen molar-refractivity contribution in [3.63, 3.8) is 0 Å². The molecule has 1 saturated heterocycles. The molecule has 0 spiro atoms. The van der Waals surface area contributed by atoms with Gasteiger partial charge >= 0.3 is 12.1 Å². The maximum absolute atomic E-state index is 12.5. The Balaban J connectivity index is 1.44. The van der Waals surface area contributed by atoms with Crippen LogP contribution >= 0.6 is 0 Å². The molecule has 1 atom stereocenters. The minimum atomic E-state index is -0.936. The number of carboxylic acids is 1. The SMILES string of the molecule is O=C(O)C[C@@H]1CN(C(=O)OCC2c3ccccc3-c3ccccc32)CCO1. The van der Waals surface area contributed by atoms with Crippen molar-refractivity contribution in [2.45, 2.75) is 18.4 Å². The summed E-state index contributed by atoms with van der Waals surface area (Å²) in [5.41, 5.74) is 4.69. The van der Waals surface area contributed by atoms with Crippen LogP contribution < -0.4 is 0 Å². The third-order valence-electron chi connectivity index (χ3n) is 5.14. The van der Waals surface area contributed by atoms with Crippen molar-refractivity contribution in [1.82, 2.24) is 4.90 Å². The van der Waals surface area contributed by atoms with E-state index in [9.17, 15) is 9.59 Å². The van der Waals surface area contributed by atoms with Crippen LogP contribution in [0.4, 0.5) is 4.79 Å². The number of amides is 1. The number of hydrogen-bond acceptors (Lipinski definition) is 4. The van der Waals surface area contributed by atoms with E-state index in [2.05, 4.69) is 24.3 Å². The maximum atomic E-state index is 12.5. The Labute approximate surface area is 157 Å². The van der Waals surface area contributed by atoms with E-state index in [0.717, 1.165) is 11.1 Å². The molecular formula is C21H21NO5. The van der Waals surface area contributed by atoms with E-state index in [1.807, 2.05) is 24.3 Å². The van der Waals surface area contributed by atoms with Crippen molar-refractivity contribution in [2.24, 2.45) is 0 Å². The van der Waals surface area contributed by atoms with Crippen LogP contribution in [-0.2, 0) is 14.3 Å². The molecule has 6 heteroatoms. The van der Waals surface area contributed by atoms with Crippen molar-refractivity contribution >= 4 is 12.1 Å². The number of ether oxygens (including phenoxy) is 2. The number of aliphatic carboxylic acids is 1. The Kier molecular flexibility index (Phi) is 4.81. The fourth-order valence-electron chi connectivity index (χ4n) is 3.89. The van der Waals surface area contributed by atoms with E-state index >= 15 is 0 Å². The quantitative estimate of drug-likeness (QED) is 0.899. The molecule has 27 heavy (non-hydrogen) atoms. The fraction of sp³-hybridized carbons (Fsp3) is 0.333. The zero-order valence-electron chi connectivity index (χ0n) is 14.8. The van der Waals surface area contributed by atoms with Gasteiger partial charge in [0.25, 0.3) is 0 Å². The Morgan fingerprint density at radius 2 is 1.70 bits per heavy atom. The lowest BCUT2D eigenvalue weighted by Gasteiger charge is -2.31. The molecule has 0 bridgehead atoms. The normalized spacial score (nSPS) is 18.7. The summed E-state index contributed by atoms with van der Waals surface area (Å²) in [4.78, 5) is 24.9. The van der Waals surface area contributed by atoms with Gasteiger partial charge in [-0.05, 0) is 22.3 Å². The highest BCUT2D eigenvalue weighted by Crippen LogP contribution is 2.44. The third-order valence-corrected chi connectivity index (χ3v) is 5.14. The van der Waals surface area contributed by atoms with Crippen LogP contribution in [0.1, 0.15) is 23.5 Å². The van der Waals surface area contributed by atoms with Crippen LogP contribution in [-0.4, -0.2) is 54.5 Å². The van der Waals surface area contributed by atoms with E-state index in [1.54, 1.807) is 0 Å². The van der Waals surface area contributed by atoms with Gasteiger partial charge in [0, 0.05) is 12.5 Å². The van der Waals surface area contributed by atoms with Crippen molar-refractivity contribution in [2.75, 3.05) is 26.3 Å². The molecular weight excluding hydrogens is 346 g/mol. The maximum Gasteiger partial charge on any atom is 0.409 e. The van der Waals surface area contributed by atoms with E-state index in [4.69, 9.17) is 14.6 Å². The summed E-state index contributed by atoms with van der Waals surface area (Å²) < 4.78 is 11.0. The van der Waals surface area contributed by atoms with Crippen molar-refractivity contribution < 1.29 is 24.2 Å². The zero-order valence-corrected chi connectivity index (χ0v) is 14.8. The molecule has 1 fully saturated rings. The van der Waals surface area contributed by atoms with Gasteiger partial charge in [-0.25, -0.2) is 4.79 Å². The van der Waals surface area contributed by atoms with Gasteiger partial charge in [-0.3, -0.25) is 4.79 Å². The highest BCUT2D eigenvalue weighted by Gasteiger charge is 2.31. The molecule has 4 rings (SSSR count). The van der Waals surface area contributed by atoms with Crippen LogP contribution in [0.2, 0.25) is 0 Å². The van der Waals surface area contributed by atoms with E-state index in [-0.39, 0.29) is 25.5 Å². The Bertz CT molecular complexity index is 820. The van der Waals surface area contributed by atoms with E-state index < -0.39 is 18.2 Å². The molecule has 1 heterocycles. The minimum absolute atomic E-state index is 0.0113. The van der Waals surface area contributed by atoms with Gasteiger partial charge in [-0.1, -0.05) is 48.5 Å². The van der Waals surface area contributed by atoms with Gasteiger partial charge in [-0.15, -0.1) is 0 Å². The molecule has 2 aromatic rings. The average molecular weight is 367 g/mol. The van der Waals surface area contributed by atoms with Gasteiger partial charge in [0.15, 0.2) is 0 Å². The molecule has 1 aliphatic heterocycles. The standard InChI is InChI=1S/C21H21NO5/c23-20(24)11-14-12-22(9-10-26-14)21(25)27-13-19-17-7-3-1-5-15(17)16-6-2-4-8-18(16)19/h1-8,14,19H,9-13H2,(H,23,24)/t14-/m1/s1. The molecule has 0 saturated carbocycles. The second kappa shape index (κ2) is 7.40. The number of carboxylic acid groups (broad SMARTS) is 1. The molecule has 1 N–H and O–H groups in total. The summed E-state index contributed by atoms with van der Waals surface area (Å²) in [5, 5.41) is 8.91. The number of benzene rings is 2. The summed E-state index contributed by atoms with van der Waals surface area (Å²) in [6.07, 6.45) is -1.03. The first-order chi connectivity index (χ1) is 13.1. The van der Waals surface area contributed by atoms with Crippen LogP contribution in [0, 0.1) is 0 Å². The molecule has 0 radical (unpaired) electrons.